The molecule has 23 heteroatoms. The molecule has 1 rings (SSSR count). The van der Waals surface area contributed by atoms with E-state index < -0.39 is 96.4 Å². The highest BCUT2D eigenvalue weighted by molar-refractivity contribution is 5.81. The van der Waals surface area contributed by atoms with Crippen LogP contribution in [0.25, 0.3) is 0 Å². The normalized spacial score (nSPS) is 29.5. The number of esters is 1. The first-order valence-corrected chi connectivity index (χ1v) is 9.46. The fourth-order valence-corrected chi connectivity index (χ4v) is 3.52. The minimum atomic E-state index is -9.03. The molecule has 1 saturated carbocycles. The smallest absolute Gasteiger partial charge is 0.439 e. The third-order valence-corrected chi connectivity index (χ3v) is 5.62. The van der Waals surface area contributed by atoms with E-state index in [2.05, 4.69) is 11.3 Å². The number of carbonyl (C=O) groups is 1. The standard InChI is InChI=1S/C17H9F21O2/c1-2-3(39)40-10(16(33,34)35,4-5(18)7(20)9(22)8(21)6(4)19)11(23,24)12(25,26)13(27,28)14(29,30)15(31,32)17(36,37)38/h2,4-9H,1H2. The second-order valence-corrected chi connectivity index (χ2v) is 7.98. The summed E-state index contributed by atoms with van der Waals surface area (Å²) in [7, 11) is 0. The fraction of sp³-hybridized carbons (Fsp3) is 0.824. The summed E-state index contributed by atoms with van der Waals surface area (Å²) in [6.07, 6.45) is -40.4. The van der Waals surface area contributed by atoms with Gasteiger partial charge in [0, 0.05) is 6.08 Å². The van der Waals surface area contributed by atoms with Gasteiger partial charge in [0.1, 0.15) is 12.3 Å². The molecule has 0 N–H and O–H groups in total. The van der Waals surface area contributed by atoms with Crippen LogP contribution in [0.1, 0.15) is 0 Å². The van der Waals surface area contributed by atoms with Gasteiger partial charge in [-0.25, -0.2) is 26.7 Å². The molecule has 40 heavy (non-hydrogen) atoms. The van der Waals surface area contributed by atoms with Crippen LogP contribution in [0.2, 0.25) is 0 Å². The minimum absolute atomic E-state index is 0.805. The second-order valence-electron chi connectivity index (χ2n) is 7.98. The summed E-state index contributed by atoms with van der Waals surface area (Å²) in [4.78, 5) is 11.3. The zero-order valence-corrected chi connectivity index (χ0v) is 18.0. The molecule has 5 unspecified atom stereocenters. The highest BCUT2D eigenvalue weighted by atomic mass is 19.4. The largest absolute Gasteiger partial charge is 0.460 e. The molecule has 0 aliphatic heterocycles. The number of hydrogen-bond acceptors (Lipinski definition) is 2. The van der Waals surface area contributed by atoms with E-state index in [1.54, 1.807) is 0 Å². The van der Waals surface area contributed by atoms with E-state index in [4.69, 9.17) is 0 Å². The van der Waals surface area contributed by atoms with Gasteiger partial charge in [0.25, 0.3) is 5.60 Å². The number of rotatable bonds is 8. The Kier molecular flexibility index (Phi) is 8.88. The molecular weight excluding hydrogens is 635 g/mol. The SMILES string of the molecule is C=CC(=O)OC(C1C(F)C(F)C(F)C(F)C1F)(C(F)(F)F)C(F)(F)C(F)(F)C(F)(F)C(F)(F)C(F)(F)C(F)(F)F. The lowest BCUT2D eigenvalue weighted by atomic mass is 9.67. The predicted molar refractivity (Wildman–Crippen MR) is 83.8 cm³/mol. The monoisotopic (exact) mass is 644 g/mol. The summed E-state index contributed by atoms with van der Waals surface area (Å²) in [5, 5.41) is 0. The second kappa shape index (κ2) is 9.93. The van der Waals surface area contributed by atoms with E-state index in [9.17, 15) is 97.0 Å². The Balaban J connectivity index is 4.28. The van der Waals surface area contributed by atoms with Crippen LogP contribution < -0.4 is 0 Å². The fourth-order valence-electron chi connectivity index (χ4n) is 3.52. The van der Waals surface area contributed by atoms with Gasteiger partial charge in [-0.15, -0.1) is 0 Å². The molecule has 1 fully saturated rings. The van der Waals surface area contributed by atoms with Crippen molar-refractivity contribution < 1.29 is 102 Å². The zero-order chi connectivity index (χ0) is 32.5. The van der Waals surface area contributed by atoms with Crippen molar-refractivity contribution >= 4 is 5.97 Å². The van der Waals surface area contributed by atoms with Crippen LogP contribution in [-0.4, -0.2) is 84.4 Å². The molecule has 5 atom stereocenters. The van der Waals surface area contributed by atoms with Crippen molar-refractivity contribution in [2.75, 3.05) is 0 Å². The van der Waals surface area contributed by atoms with Crippen molar-refractivity contribution in [3.05, 3.63) is 12.7 Å². The van der Waals surface area contributed by atoms with Gasteiger partial charge in [0.2, 0.25) is 0 Å². The van der Waals surface area contributed by atoms with Crippen molar-refractivity contribution in [1.82, 2.24) is 0 Å². The molecular formula is C17H9F21O2. The van der Waals surface area contributed by atoms with E-state index in [0.29, 0.717) is 0 Å². The maximum absolute atomic E-state index is 14.9. The average Bonchev–Trinajstić information content (AvgIpc) is 2.78. The molecule has 0 bridgehead atoms. The van der Waals surface area contributed by atoms with Gasteiger partial charge in [-0.1, -0.05) is 6.58 Å². The number of ether oxygens (including phenoxy) is 1. The van der Waals surface area contributed by atoms with Gasteiger partial charge in [-0.3, -0.25) is 0 Å². The molecule has 0 saturated heterocycles. The van der Waals surface area contributed by atoms with Crippen molar-refractivity contribution in [1.29, 1.82) is 0 Å². The van der Waals surface area contributed by atoms with Gasteiger partial charge in [-0.05, 0) is 0 Å². The summed E-state index contributed by atoms with van der Waals surface area (Å²) in [5.41, 5.74) is -7.56. The highest BCUT2D eigenvalue weighted by Gasteiger charge is 2.97. The van der Waals surface area contributed by atoms with E-state index in [1.165, 1.54) is 0 Å². The summed E-state index contributed by atoms with van der Waals surface area (Å²) < 4.78 is 290. The molecule has 0 heterocycles. The Morgan fingerprint density at radius 1 is 0.500 bits per heavy atom. The predicted octanol–water partition coefficient (Wildman–Crippen LogP) is 7.08. The van der Waals surface area contributed by atoms with Crippen molar-refractivity contribution in [3.8, 4) is 0 Å². The molecule has 1 aliphatic carbocycles. The first kappa shape index (κ1) is 35.8. The van der Waals surface area contributed by atoms with E-state index in [0.717, 1.165) is 0 Å². The van der Waals surface area contributed by atoms with Crippen molar-refractivity contribution in [2.24, 2.45) is 5.92 Å². The van der Waals surface area contributed by atoms with Gasteiger partial charge >= 0.3 is 47.9 Å². The number of carbonyl (C=O) groups excluding carboxylic acids is 1. The Hall–Kier alpha value is -2.26. The third kappa shape index (κ3) is 4.52. The van der Waals surface area contributed by atoms with E-state index >= 15 is 0 Å². The maximum Gasteiger partial charge on any atom is 0.460 e. The zero-order valence-electron chi connectivity index (χ0n) is 18.0. The Labute approximate surface area is 206 Å². The first-order valence-electron chi connectivity index (χ1n) is 9.46. The van der Waals surface area contributed by atoms with E-state index in [-0.39, 0.29) is 0 Å². The molecule has 0 radical (unpaired) electrons. The van der Waals surface area contributed by atoms with Crippen LogP contribution in [0.5, 0.6) is 0 Å². The molecule has 0 aromatic carbocycles. The molecule has 1 aliphatic rings. The topological polar surface area (TPSA) is 26.3 Å². The molecule has 236 valence electrons. The summed E-state index contributed by atoms with van der Waals surface area (Å²) in [5.74, 6) is -52.8. The van der Waals surface area contributed by atoms with Gasteiger partial charge in [0.15, 0.2) is 18.5 Å². The Morgan fingerprint density at radius 2 is 0.800 bits per heavy atom. The molecule has 0 spiro atoms. The first-order chi connectivity index (χ1) is 17.4. The highest BCUT2D eigenvalue weighted by Crippen LogP contribution is 2.66. The minimum Gasteiger partial charge on any atom is -0.439 e. The average molecular weight is 644 g/mol. The quantitative estimate of drug-likeness (QED) is 0.161. The molecule has 0 amide bonds. The van der Waals surface area contributed by atoms with Crippen LogP contribution in [0, 0.1) is 5.92 Å². The van der Waals surface area contributed by atoms with Crippen LogP contribution >= 0.6 is 0 Å². The maximum atomic E-state index is 14.9. The number of hydrogen-bond donors (Lipinski definition) is 0. The number of halogens is 21. The van der Waals surface area contributed by atoms with Crippen molar-refractivity contribution in [2.45, 2.75) is 78.4 Å². The Morgan fingerprint density at radius 3 is 1.10 bits per heavy atom. The van der Waals surface area contributed by atoms with Crippen LogP contribution in [-0.2, 0) is 9.53 Å². The number of alkyl halides is 21. The Bertz CT molecular complexity index is 938. The van der Waals surface area contributed by atoms with Gasteiger partial charge in [-0.2, -0.15) is 70.2 Å². The summed E-state index contributed by atoms with van der Waals surface area (Å²) in [6, 6.07) is 0. The molecule has 0 aromatic rings. The summed E-state index contributed by atoms with van der Waals surface area (Å²) in [6.45, 7) is 2.18. The van der Waals surface area contributed by atoms with E-state index in [1.807, 2.05) is 0 Å². The lowest BCUT2D eigenvalue weighted by molar-refractivity contribution is -0.469. The molecule has 0 aromatic heterocycles. The lowest BCUT2D eigenvalue weighted by Crippen LogP contribution is -2.80. The van der Waals surface area contributed by atoms with Gasteiger partial charge in [0.05, 0.1) is 5.92 Å². The van der Waals surface area contributed by atoms with Crippen LogP contribution in [0.3, 0.4) is 0 Å². The van der Waals surface area contributed by atoms with Crippen molar-refractivity contribution in [3.63, 3.8) is 0 Å². The van der Waals surface area contributed by atoms with Crippen LogP contribution in [0.15, 0.2) is 12.7 Å². The lowest BCUT2D eigenvalue weighted by Gasteiger charge is -2.52. The van der Waals surface area contributed by atoms with Crippen LogP contribution in [0.4, 0.5) is 92.2 Å². The summed E-state index contributed by atoms with van der Waals surface area (Å²) >= 11 is 0. The van der Waals surface area contributed by atoms with Gasteiger partial charge < -0.3 is 4.74 Å². The molecule has 2 nitrogen and oxygen atoms in total. The third-order valence-electron chi connectivity index (χ3n) is 5.62.